The molecule has 0 radical (unpaired) electrons. The number of nitrogens with zero attached hydrogens (tertiary/aromatic N) is 5. The van der Waals surface area contributed by atoms with Gasteiger partial charge < -0.3 is 5.32 Å². The van der Waals surface area contributed by atoms with Crippen LogP contribution in [0.25, 0.3) is 26.8 Å². The maximum atomic E-state index is 4.77. The third-order valence-electron chi connectivity index (χ3n) is 4.66. The summed E-state index contributed by atoms with van der Waals surface area (Å²) in [4.78, 5) is 15.7. The van der Waals surface area contributed by atoms with Gasteiger partial charge >= 0.3 is 0 Å². The molecule has 0 spiro atoms. The van der Waals surface area contributed by atoms with E-state index in [2.05, 4.69) is 62.3 Å². The molecule has 0 aliphatic heterocycles. The van der Waals surface area contributed by atoms with Gasteiger partial charge in [0.05, 0.1) is 28.5 Å². The molecule has 0 saturated heterocycles. The lowest BCUT2D eigenvalue weighted by atomic mass is 10.2. The van der Waals surface area contributed by atoms with Crippen LogP contribution in [0, 0.1) is 6.92 Å². The second kappa shape index (κ2) is 7.90. The molecule has 4 heterocycles. The van der Waals surface area contributed by atoms with Crippen LogP contribution in [0.5, 0.6) is 0 Å². The number of aromatic nitrogens is 5. The second-order valence-corrected chi connectivity index (χ2v) is 9.75. The predicted molar refractivity (Wildman–Crippen MR) is 126 cm³/mol. The molecule has 0 aliphatic carbocycles. The summed E-state index contributed by atoms with van der Waals surface area (Å²) < 4.78 is 2.88. The predicted octanol–water partition coefficient (Wildman–Crippen LogP) is 6.22. The van der Waals surface area contributed by atoms with E-state index in [0.29, 0.717) is 0 Å². The Kier molecular flexibility index (Phi) is 5.10. The Labute approximate surface area is 189 Å². The van der Waals surface area contributed by atoms with Gasteiger partial charge in [-0.3, -0.25) is 4.98 Å². The fraction of sp³-hybridized carbons (Fsp3) is 0.143. The molecule has 150 valence electrons. The van der Waals surface area contributed by atoms with Crippen molar-refractivity contribution >= 4 is 48.7 Å². The molecule has 9 heteroatoms. The Balaban J connectivity index is 1.36. The smallest absolute Gasteiger partial charge is 0.214 e. The van der Waals surface area contributed by atoms with E-state index < -0.39 is 0 Å². The fourth-order valence-corrected chi connectivity index (χ4v) is 5.40. The van der Waals surface area contributed by atoms with Crippen LogP contribution in [-0.4, -0.2) is 24.6 Å². The molecular formula is C21H17BrN6S2. The molecule has 1 aromatic carbocycles. The van der Waals surface area contributed by atoms with Crippen LogP contribution in [0.1, 0.15) is 23.5 Å². The van der Waals surface area contributed by atoms with E-state index in [-0.39, 0.29) is 6.04 Å². The first-order valence-electron chi connectivity index (χ1n) is 9.33. The zero-order valence-electron chi connectivity index (χ0n) is 16.2. The van der Waals surface area contributed by atoms with E-state index in [4.69, 9.17) is 4.98 Å². The first-order valence-corrected chi connectivity index (χ1v) is 11.8. The number of imidazole rings is 1. The summed E-state index contributed by atoms with van der Waals surface area (Å²) >= 11 is 6.73. The van der Waals surface area contributed by atoms with Crippen molar-refractivity contribution < 1.29 is 0 Å². The Bertz CT molecular complexity index is 1280. The van der Waals surface area contributed by atoms with Crippen LogP contribution in [0.3, 0.4) is 0 Å². The number of rotatable bonds is 5. The van der Waals surface area contributed by atoms with Crippen LogP contribution in [0.4, 0.5) is 5.13 Å². The summed E-state index contributed by atoms with van der Waals surface area (Å²) in [6.45, 7) is 4.19. The molecule has 1 unspecified atom stereocenters. The number of nitrogens with one attached hydrogen (secondary N) is 1. The lowest BCUT2D eigenvalue weighted by Gasteiger charge is -2.10. The van der Waals surface area contributed by atoms with Gasteiger partial charge in [0.2, 0.25) is 10.1 Å². The van der Waals surface area contributed by atoms with Gasteiger partial charge in [-0.15, -0.1) is 16.4 Å². The molecule has 0 fully saturated rings. The lowest BCUT2D eigenvalue weighted by Crippen LogP contribution is -2.06. The highest BCUT2D eigenvalue weighted by Gasteiger charge is 2.18. The van der Waals surface area contributed by atoms with E-state index in [1.54, 1.807) is 17.5 Å². The van der Waals surface area contributed by atoms with Gasteiger partial charge in [0.15, 0.2) is 0 Å². The molecule has 1 N–H and O–H groups in total. The van der Waals surface area contributed by atoms with Gasteiger partial charge in [-0.2, -0.15) is 0 Å². The minimum absolute atomic E-state index is 0.0975. The van der Waals surface area contributed by atoms with Crippen LogP contribution in [-0.2, 0) is 0 Å². The number of anilines is 1. The van der Waals surface area contributed by atoms with Crippen molar-refractivity contribution in [3.8, 4) is 21.8 Å². The van der Waals surface area contributed by atoms with Crippen molar-refractivity contribution in [3.05, 3.63) is 70.0 Å². The van der Waals surface area contributed by atoms with Gasteiger partial charge in [0, 0.05) is 28.0 Å². The van der Waals surface area contributed by atoms with Gasteiger partial charge in [0.25, 0.3) is 0 Å². The number of thiazole rings is 1. The summed E-state index contributed by atoms with van der Waals surface area (Å²) in [6, 6.07) is 12.2. The molecule has 4 aromatic heterocycles. The summed E-state index contributed by atoms with van der Waals surface area (Å²) in [5.41, 5.74) is 4.02. The third kappa shape index (κ3) is 3.76. The Morgan fingerprint density at radius 3 is 2.63 bits per heavy atom. The van der Waals surface area contributed by atoms with Crippen molar-refractivity contribution in [1.29, 1.82) is 0 Å². The van der Waals surface area contributed by atoms with Crippen molar-refractivity contribution in [2.75, 3.05) is 5.32 Å². The highest BCUT2D eigenvalue weighted by atomic mass is 79.9. The highest BCUT2D eigenvalue weighted by Crippen LogP contribution is 2.34. The Hall–Kier alpha value is -2.62. The molecule has 0 amide bonds. The summed E-state index contributed by atoms with van der Waals surface area (Å²) in [5.74, 6) is 0. The molecule has 1 atom stereocenters. The van der Waals surface area contributed by atoms with Gasteiger partial charge in [-0.25, -0.2) is 14.5 Å². The largest absolute Gasteiger partial charge is 0.353 e. The number of pyridine rings is 1. The zero-order chi connectivity index (χ0) is 20.7. The second-order valence-electron chi connectivity index (χ2n) is 6.84. The van der Waals surface area contributed by atoms with Crippen LogP contribution >= 0.6 is 38.6 Å². The molecule has 0 saturated carbocycles. The number of hydrogen-bond donors (Lipinski definition) is 1. The number of halogens is 1. The van der Waals surface area contributed by atoms with Crippen molar-refractivity contribution in [2.24, 2.45) is 0 Å². The molecule has 0 bridgehead atoms. The van der Waals surface area contributed by atoms with E-state index in [1.807, 2.05) is 41.2 Å². The van der Waals surface area contributed by atoms with E-state index in [9.17, 15) is 0 Å². The Morgan fingerprint density at radius 1 is 1.07 bits per heavy atom. The number of fused-ring (bicyclic) bond motifs is 1. The summed E-state index contributed by atoms with van der Waals surface area (Å²) in [5, 5.41) is 10.0. The van der Waals surface area contributed by atoms with Gasteiger partial charge in [0.1, 0.15) is 5.01 Å². The molecule has 5 rings (SSSR count). The van der Waals surface area contributed by atoms with Gasteiger partial charge in [-0.05, 0) is 38.1 Å². The van der Waals surface area contributed by atoms with Crippen LogP contribution in [0.2, 0.25) is 0 Å². The topological polar surface area (TPSA) is 68.0 Å². The third-order valence-corrected chi connectivity index (χ3v) is 7.43. The average molecular weight is 497 g/mol. The summed E-state index contributed by atoms with van der Waals surface area (Å²) in [6.07, 6.45) is 5.50. The molecule has 0 aliphatic rings. The molecular weight excluding hydrogens is 480 g/mol. The maximum absolute atomic E-state index is 4.77. The Morgan fingerprint density at radius 2 is 1.90 bits per heavy atom. The van der Waals surface area contributed by atoms with Crippen LogP contribution < -0.4 is 5.32 Å². The molecule has 5 aromatic rings. The lowest BCUT2D eigenvalue weighted by molar-refractivity contribution is 0.868. The first kappa shape index (κ1) is 19.3. The first-order chi connectivity index (χ1) is 14.6. The minimum atomic E-state index is 0.0975. The SMILES string of the molecule is Cc1nc(-c2ccc(Br)cc2)sc1C(C)Nc1nn2cc(-c3cccnc3)nc2s1. The molecule has 30 heavy (non-hydrogen) atoms. The highest BCUT2D eigenvalue weighted by molar-refractivity contribution is 9.10. The molecule has 6 nitrogen and oxygen atoms in total. The van der Waals surface area contributed by atoms with Crippen LogP contribution in [0.15, 0.2) is 59.5 Å². The van der Waals surface area contributed by atoms with E-state index >= 15 is 0 Å². The summed E-state index contributed by atoms with van der Waals surface area (Å²) in [7, 11) is 0. The number of benzene rings is 1. The standard InChI is InChI=1S/C21H17BrN6S2/c1-12-18(29-19(24-12)14-5-7-16(22)8-6-14)13(2)25-20-27-28-11-17(26-21(28)30-20)15-4-3-9-23-10-15/h3-11,13H,1-2H3,(H,25,27). The average Bonchev–Trinajstić information content (AvgIpc) is 3.42. The van der Waals surface area contributed by atoms with Crippen molar-refractivity contribution in [3.63, 3.8) is 0 Å². The zero-order valence-corrected chi connectivity index (χ0v) is 19.4. The normalized spacial score (nSPS) is 12.4. The number of hydrogen-bond acceptors (Lipinski definition) is 7. The van der Waals surface area contributed by atoms with E-state index in [1.165, 1.54) is 16.2 Å². The van der Waals surface area contributed by atoms with Crippen molar-refractivity contribution in [1.82, 2.24) is 24.6 Å². The quantitative estimate of drug-likeness (QED) is 0.312. The number of aryl methyl sites for hydroxylation is 1. The van der Waals surface area contributed by atoms with Crippen molar-refractivity contribution in [2.45, 2.75) is 19.9 Å². The maximum Gasteiger partial charge on any atom is 0.214 e. The van der Waals surface area contributed by atoms with Gasteiger partial charge in [-0.1, -0.05) is 39.4 Å². The minimum Gasteiger partial charge on any atom is -0.353 e. The fourth-order valence-electron chi connectivity index (χ4n) is 3.19. The monoisotopic (exact) mass is 496 g/mol. The van der Waals surface area contributed by atoms with E-state index in [0.717, 1.165) is 42.1 Å².